The van der Waals surface area contributed by atoms with Crippen LogP contribution < -0.4 is 14.8 Å². The molecule has 0 aliphatic carbocycles. The van der Waals surface area contributed by atoms with E-state index in [2.05, 4.69) is 15.0 Å². The Morgan fingerprint density at radius 3 is 2.12 bits per heavy atom. The summed E-state index contributed by atoms with van der Waals surface area (Å²) in [6.07, 6.45) is 1.50. The lowest BCUT2D eigenvalue weighted by molar-refractivity contribution is -0.118. The second kappa shape index (κ2) is 9.97. The highest BCUT2D eigenvalue weighted by Gasteiger charge is 2.15. The minimum atomic E-state index is -3.78. The van der Waals surface area contributed by atoms with Gasteiger partial charge in [0.15, 0.2) is 6.61 Å². The van der Waals surface area contributed by atoms with Crippen LogP contribution in [-0.2, 0) is 14.8 Å². The average Bonchev–Trinajstić information content (AvgIpc) is 2.84. The molecule has 0 aliphatic rings. The number of rotatable bonds is 8. The standard InChI is InChI=1S/C25H21N3O4S/c29-25(18-32-22-13-9-20(10-14-22)19-6-2-1-3-7-19)27-21-11-15-23(16-12-21)33(30,31)28-24-8-4-5-17-26-24/h1-17H,18H2,(H,26,28)(H,27,29). The highest BCUT2D eigenvalue weighted by molar-refractivity contribution is 7.92. The topological polar surface area (TPSA) is 97.4 Å². The Kier molecular flexibility index (Phi) is 6.66. The van der Waals surface area contributed by atoms with E-state index in [1.165, 1.54) is 30.5 Å². The van der Waals surface area contributed by atoms with E-state index in [0.29, 0.717) is 11.4 Å². The minimum Gasteiger partial charge on any atom is -0.484 e. The number of carbonyl (C=O) groups is 1. The van der Waals surface area contributed by atoms with E-state index in [-0.39, 0.29) is 23.2 Å². The zero-order valence-electron chi connectivity index (χ0n) is 17.5. The Morgan fingerprint density at radius 1 is 0.788 bits per heavy atom. The Balaban J connectivity index is 1.31. The lowest BCUT2D eigenvalue weighted by Crippen LogP contribution is -2.20. The summed E-state index contributed by atoms with van der Waals surface area (Å²) in [4.78, 5) is 16.2. The fraction of sp³-hybridized carbons (Fsp3) is 0.0400. The van der Waals surface area contributed by atoms with Crippen molar-refractivity contribution >= 4 is 27.4 Å². The average molecular weight is 460 g/mol. The predicted octanol–water partition coefficient (Wildman–Crippen LogP) is 4.57. The summed E-state index contributed by atoms with van der Waals surface area (Å²) in [5, 5.41) is 2.69. The van der Waals surface area contributed by atoms with Crippen LogP contribution in [0.25, 0.3) is 11.1 Å². The summed E-state index contributed by atoms with van der Waals surface area (Å²) >= 11 is 0. The maximum Gasteiger partial charge on any atom is 0.263 e. The number of hydrogen-bond acceptors (Lipinski definition) is 5. The SMILES string of the molecule is O=C(COc1ccc(-c2ccccc2)cc1)Nc1ccc(S(=O)(=O)Nc2ccccn2)cc1. The number of pyridine rings is 1. The zero-order valence-corrected chi connectivity index (χ0v) is 18.3. The third-order valence-electron chi connectivity index (χ3n) is 4.68. The van der Waals surface area contributed by atoms with Gasteiger partial charge in [0.05, 0.1) is 4.90 Å². The van der Waals surface area contributed by atoms with E-state index in [1.807, 2.05) is 54.6 Å². The molecule has 1 heterocycles. The molecule has 0 aliphatic heterocycles. The lowest BCUT2D eigenvalue weighted by atomic mass is 10.1. The molecule has 1 aromatic heterocycles. The summed E-state index contributed by atoms with van der Waals surface area (Å²) < 4.78 is 32.9. The first-order chi connectivity index (χ1) is 16.0. The molecule has 0 saturated carbocycles. The molecule has 0 spiro atoms. The van der Waals surface area contributed by atoms with Crippen LogP contribution in [0, 0.1) is 0 Å². The Morgan fingerprint density at radius 2 is 1.45 bits per heavy atom. The van der Waals surface area contributed by atoms with E-state index in [4.69, 9.17) is 4.74 Å². The number of anilines is 2. The van der Waals surface area contributed by atoms with Crippen molar-refractivity contribution in [2.24, 2.45) is 0 Å². The largest absolute Gasteiger partial charge is 0.484 e. The summed E-state index contributed by atoms with van der Waals surface area (Å²) in [5.41, 5.74) is 2.61. The van der Waals surface area contributed by atoms with Crippen LogP contribution in [0.15, 0.2) is 108 Å². The van der Waals surface area contributed by atoms with Crippen molar-refractivity contribution in [3.8, 4) is 16.9 Å². The molecule has 0 fully saturated rings. The molecule has 0 atom stereocenters. The minimum absolute atomic E-state index is 0.0564. The van der Waals surface area contributed by atoms with E-state index >= 15 is 0 Å². The molecule has 0 saturated heterocycles. The molecule has 4 aromatic rings. The van der Waals surface area contributed by atoms with E-state index in [0.717, 1.165) is 11.1 Å². The van der Waals surface area contributed by atoms with Crippen LogP contribution in [0.5, 0.6) is 5.75 Å². The van der Waals surface area contributed by atoms with Gasteiger partial charge in [0.2, 0.25) is 0 Å². The van der Waals surface area contributed by atoms with E-state index in [9.17, 15) is 13.2 Å². The van der Waals surface area contributed by atoms with Gasteiger partial charge in [-0.1, -0.05) is 48.5 Å². The molecule has 0 radical (unpaired) electrons. The number of sulfonamides is 1. The highest BCUT2D eigenvalue weighted by Crippen LogP contribution is 2.22. The van der Waals surface area contributed by atoms with Crippen molar-refractivity contribution in [1.82, 2.24) is 4.98 Å². The predicted molar refractivity (Wildman–Crippen MR) is 127 cm³/mol. The van der Waals surface area contributed by atoms with Gasteiger partial charge in [0.1, 0.15) is 11.6 Å². The van der Waals surface area contributed by atoms with Gasteiger partial charge in [-0.3, -0.25) is 9.52 Å². The third-order valence-corrected chi connectivity index (χ3v) is 6.05. The number of benzene rings is 3. The van der Waals surface area contributed by atoms with Crippen molar-refractivity contribution < 1.29 is 17.9 Å². The molecule has 7 nitrogen and oxygen atoms in total. The van der Waals surface area contributed by atoms with Crippen molar-refractivity contribution in [2.45, 2.75) is 4.90 Å². The first-order valence-electron chi connectivity index (χ1n) is 10.1. The maximum absolute atomic E-state index is 12.5. The fourth-order valence-electron chi connectivity index (χ4n) is 3.06. The van der Waals surface area contributed by atoms with E-state index < -0.39 is 10.0 Å². The number of nitrogens with zero attached hydrogens (tertiary/aromatic N) is 1. The number of ether oxygens (including phenoxy) is 1. The quantitative estimate of drug-likeness (QED) is 0.402. The molecule has 2 N–H and O–H groups in total. The summed E-state index contributed by atoms with van der Waals surface area (Å²) in [6, 6.07) is 28.2. The number of aromatic nitrogens is 1. The summed E-state index contributed by atoms with van der Waals surface area (Å²) in [7, 11) is -3.78. The van der Waals surface area contributed by atoms with Gasteiger partial charge in [-0.15, -0.1) is 0 Å². The van der Waals surface area contributed by atoms with Crippen LogP contribution in [-0.4, -0.2) is 25.9 Å². The first kappa shape index (κ1) is 22.0. The lowest BCUT2D eigenvalue weighted by Gasteiger charge is -2.10. The summed E-state index contributed by atoms with van der Waals surface area (Å²) in [5.74, 6) is 0.444. The molecule has 0 bridgehead atoms. The Labute approximate surface area is 192 Å². The maximum atomic E-state index is 12.5. The van der Waals surface area contributed by atoms with Gasteiger partial charge in [0, 0.05) is 11.9 Å². The second-order valence-corrected chi connectivity index (χ2v) is 8.75. The normalized spacial score (nSPS) is 10.9. The molecule has 166 valence electrons. The third kappa shape index (κ3) is 5.96. The summed E-state index contributed by atoms with van der Waals surface area (Å²) in [6.45, 7) is -0.175. The van der Waals surface area contributed by atoms with Crippen molar-refractivity contribution in [2.75, 3.05) is 16.6 Å². The van der Waals surface area contributed by atoms with Gasteiger partial charge in [-0.05, 0) is 59.7 Å². The highest BCUT2D eigenvalue weighted by atomic mass is 32.2. The van der Waals surface area contributed by atoms with Crippen LogP contribution in [0.3, 0.4) is 0 Å². The smallest absolute Gasteiger partial charge is 0.263 e. The Bertz CT molecular complexity index is 1310. The van der Waals surface area contributed by atoms with Crippen LogP contribution in [0.1, 0.15) is 0 Å². The molecule has 3 aromatic carbocycles. The molecule has 4 rings (SSSR count). The van der Waals surface area contributed by atoms with Gasteiger partial charge >= 0.3 is 0 Å². The molecular weight excluding hydrogens is 438 g/mol. The number of carbonyl (C=O) groups excluding carboxylic acids is 1. The molecule has 0 unspecified atom stereocenters. The van der Waals surface area contributed by atoms with Gasteiger partial charge in [-0.2, -0.15) is 0 Å². The van der Waals surface area contributed by atoms with E-state index in [1.54, 1.807) is 18.2 Å². The van der Waals surface area contributed by atoms with Crippen molar-refractivity contribution in [1.29, 1.82) is 0 Å². The van der Waals surface area contributed by atoms with Crippen LogP contribution in [0.4, 0.5) is 11.5 Å². The molecule has 8 heteroatoms. The number of amides is 1. The molecule has 33 heavy (non-hydrogen) atoms. The molecular formula is C25H21N3O4S. The van der Waals surface area contributed by atoms with Crippen LogP contribution >= 0.6 is 0 Å². The second-order valence-electron chi connectivity index (χ2n) is 7.07. The molecule has 1 amide bonds. The Hall–Kier alpha value is -4.17. The monoisotopic (exact) mass is 459 g/mol. The fourth-order valence-corrected chi connectivity index (χ4v) is 4.07. The number of hydrogen-bond donors (Lipinski definition) is 2. The van der Waals surface area contributed by atoms with Gasteiger partial charge in [-0.25, -0.2) is 13.4 Å². The zero-order chi connectivity index (χ0) is 23.1. The van der Waals surface area contributed by atoms with Crippen LogP contribution in [0.2, 0.25) is 0 Å². The van der Waals surface area contributed by atoms with Gasteiger partial charge in [0.25, 0.3) is 15.9 Å². The van der Waals surface area contributed by atoms with Crippen molar-refractivity contribution in [3.63, 3.8) is 0 Å². The van der Waals surface area contributed by atoms with Crippen molar-refractivity contribution in [3.05, 3.63) is 103 Å². The first-order valence-corrected chi connectivity index (χ1v) is 11.6. The number of nitrogens with one attached hydrogen (secondary N) is 2. The van der Waals surface area contributed by atoms with Gasteiger partial charge < -0.3 is 10.1 Å².